The molecule has 0 aromatic heterocycles. The molecule has 4 heteroatoms. The molecule has 8 fully saturated rings. The number of aliphatic hydroxyl groups is 2. The monoisotopic (exact) mass is 754 g/mol. The molecule has 0 unspecified atom stereocenters. The first-order chi connectivity index (χ1) is 27.3. The number of Topliss-reactive ketones (excluding diaryl/α,β-unsaturated/α-hetero) is 2. The summed E-state index contributed by atoms with van der Waals surface area (Å²) in [6.07, 6.45) is 16.4. The summed E-state index contributed by atoms with van der Waals surface area (Å²) in [6, 6.07) is 0. The zero-order valence-corrected chi connectivity index (χ0v) is 35.9. The van der Waals surface area contributed by atoms with Gasteiger partial charge in [0.2, 0.25) is 0 Å². The molecule has 8 aliphatic rings. The van der Waals surface area contributed by atoms with E-state index >= 15 is 0 Å². The number of carbonyl (C=O) groups is 2. The number of carbonyl (C=O) groups excluding carboxylic acids is 2. The molecule has 8 aliphatic carbocycles. The van der Waals surface area contributed by atoms with Crippen molar-refractivity contribution in [1.82, 2.24) is 0 Å². The van der Waals surface area contributed by atoms with Crippen molar-refractivity contribution in [2.24, 2.45) is 92.7 Å². The van der Waals surface area contributed by atoms with E-state index in [2.05, 4.69) is 41.5 Å². The van der Waals surface area contributed by atoms with Crippen LogP contribution in [0, 0.1) is 92.7 Å². The minimum Gasteiger partial charge on any atom is -0.393 e. The molecule has 0 aromatic rings. The van der Waals surface area contributed by atoms with Gasteiger partial charge in [0.15, 0.2) is 0 Å². The molecule has 18 atom stereocenters. The molecule has 0 radical (unpaired) electrons. The Morgan fingerprint density at radius 3 is 1.44 bits per heavy atom. The highest BCUT2D eigenvalue weighted by Crippen LogP contribution is 2.70. The Labute approximate surface area is 339 Å². The zero-order chi connectivity index (χ0) is 43.3. The number of hydrogen-bond acceptors (Lipinski definition) is 4. The van der Waals surface area contributed by atoms with Gasteiger partial charge in [-0.15, -0.1) is 0 Å². The standard InChI is InChI=1S/2C25H42O2/c2*1-16(5-6-17(2)26)21-9-10-22-20-8-7-18-15-19(27)11-13-24(18,3)23(20)12-14-25(21,22)4/h2*16,18-23,27H,5-15H2,1-4H3/t2*16-,18+,19+,20+,21-,22+,23+,24+,25-/m11/s1/i6D2,19D;6D2. The SMILES string of the molecule is [2H]C([2H])(C[C@@H](C)[C@H]1CC[C@H]2[C@@H]3CC[C@H]4C[C@@H](O)CC[C@]4(C)[C@H]3CC[C@]12C)C(C)=O.[2H]C([2H])(C[C@@H](C)[C@H]1CC[C@H]2[C@@H]3CC[C@H]4C[C@@]([2H])(O)CC[C@]4(C)[C@H]3CC[C@]12C)C(C)=O. The number of hydrogen-bond donors (Lipinski definition) is 2. The van der Waals surface area contributed by atoms with E-state index in [0.717, 1.165) is 49.4 Å². The summed E-state index contributed by atoms with van der Waals surface area (Å²) in [4.78, 5) is 23.5. The fraction of sp³-hybridized carbons (Fsp3) is 0.960. The first-order valence-electron chi connectivity index (χ1n) is 25.7. The minimum atomic E-state index is -1.70. The van der Waals surface area contributed by atoms with Crippen molar-refractivity contribution in [3.8, 4) is 0 Å². The molecular weight excluding hydrogens is 665 g/mol. The average Bonchev–Trinajstić information content (AvgIpc) is 3.69. The molecule has 54 heavy (non-hydrogen) atoms. The highest BCUT2D eigenvalue weighted by molar-refractivity contribution is 5.75. The number of ketones is 2. The van der Waals surface area contributed by atoms with Crippen LogP contribution in [0.2, 0.25) is 0 Å². The number of fused-ring (bicyclic) bond motifs is 10. The molecule has 0 aliphatic heterocycles. The van der Waals surface area contributed by atoms with Gasteiger partial charge in [0.1, 0.15) is 11.6 Å². The van der Waals surface area contributed by atoms with E-state index in [-0.39, 0.29) is 40.3 Å². The van der Waals surface area contributed by atoms with Crippen LogP contribution in [0.25, 0.3) is 0 Å². The van der Waals surface area contributed by atoms with E-state index in [1.807, 2.05) is 0 Å². The van der Waals surface area contributed by atoms with Gasteiger partial charge in [0, 0.05) is 18.2 Å². The lowest BCUT2D eigenvalue weighted by Gasteiger charge is -2.61. The summed E-state index contributed by atoms with van der Waals surface area (Å²) in [5.41, 5.74) is 1.26. The second kappa shape index (κ2) is 15.8. The molecule has 0 aromatic carbocycles. The molecular formula is C50H84O4. The maximum Gasteiger partial charge on any atom is 0.129 e. The summed E-state index contributed by atoms with van der Waals surface area (Å²) >= 11 is 0. The first-order valence-corrected chi connectivity index (χ1v) is 23.2. The minimum absolute atomic E-state index is 0.0773. The van der Waals surface area contributed by atoms with Crippen LogP contribution in [0.3, 0.4) is 0 Å². The largest absolute Gasteiger partial charge is 0.393 e. The molecule has 0 spiro atoms. The third kappa shape index (κ3) is 7.29. The maximum atomic E-state index is 11.8. The fourth-order valence-electron chi connectivity index (χ4n) is 17.1. The maximum absolute atomic E-state index is 11.8. The molecule has 0 bridgehead atoms. The van der Waals surface area contributed by atoms with E-state index in [9.17, 15) is 19.8 Å². The van der Waals surface area contributed by atoms with Gasteiger partial charge in [0.05, 0.1) is 13.6 Å². The molecule has 8 saturated carbocycles. The van der Waals surface area contributed by atoms with Gasteiger partial charge < -0.3 is 19.8 Å². The second-order valence-electron chi connectivity index (χ2n) is 22.3. The summed E-state index contributed by atoms with van der Waals surface area (Å²) in [6.45, 7) is 17.1. The van der Waals surface area contributed by atoms with Crippen molar-refractivity contribution in [3.05, 3.63) is 0 Å². The number of rotatable bonds is 8. The molecule has 2 N–H and O–H groups in total. The van der Waals surface area contributed by atoms with Crippen LogP contribution in [-0.2, 0) is 9.59 Å². The van der Waals surface area contributed by atoms with E-state index in [1.54, 1.807) is 0 Å². The third-order valence-electron chi connectivity index (χ3n) is 20.0. The molecule has 4 nitrogen and oxygen atoms in total. The lowest BCUT2D eigenvalue weighted by Crippen LogP contribution is -2.54. The van der Waals surface area contributed by atoms with Crippen LogP contribution in [0.15, 0.2) is 0 Å². The molecule has 0 amide bonds. The van der Waals surface area contributed by atoms with Crippen molar-refractivity contribution >= 4 is 11.6 Å². The van der Waals surface area contributed by atoms with Crippen molar-refractivity contribution in [3.63, 3.8) is 0 Å². The Bertz CT molecular complexity index is 1570. The topological polar surface area (TPSA) is 74.6 Å². The van der Waals surface area contributed by atoms with Crippen LogP contribution >= 0.6 is 0 Å². The summed E-state index contributed by atoms with van der Waals surface area (Å²) in [7, 11) is 0. The Morgan fingerprint density at radius 1 is 0.574 bits per heavy atom. The second-order valence-corrected chi connectivity index (χ2v) is 22.3. The van der Waals surface area contributed by atoms with Crippen LogP contribution < -0.4 is 0 Å². The Kier molecular flexibility index (Phi) is 10.3. The molecule has 0 heterocycles. The summed E-state index contributed by atoms with van der Waals surface area (Å²) in [5, 5.41) is 20.6. The highest BCUT2D eigenvalue weighted by atomic mass is 16.3. The smallest absolute Gasteiger partial charge is 0.129 e. The van der Waals surface area contributed by atoms with Gasteiger partial charge in [-0.1, -0.05) is 41.5 Å². The zero-order valence-electron chi connectivity index (χ0n) is 40.9. The normalized spacial score (nSPS) is 53.7. The Balaban J connectivity index is 0.000000179. The van der Waals surface area contributed by atoms with Gasteiger partial charge >= 0.3 is 0 Å². The third-order valence-corrected chi connectivity index (χ3v) is 20.0. The predicted molar refractivity (Wildman–Crippen MR) is 221 cm³/mol. The summed E-state index contributed by atoms with van der Waals surface area (Å²) < 4.78 is 40.8. The lowest BCUT2D eigenvalue weighted by molar-refractivity contribution is -0.129. The lowest BCUT2D eigenvalue weighted by atomic mass is 9.44. The van der Waals surface area contributed by atoms with Crippen molar-refractivity contribution in [2.45, 2.75) is 209 Å². The van der Waals surface area contributed by atoms with Crippen molar-refractivity contribution < 1.29 is 26.7 Å². The van der Waals surface area contributed by atoms with Crippen molar-refractivity contribution in [1.29, 1.82) is 0 Å². The highest BCUT2D eigenvalue weighted by Gasteiger charge is 2.62. The van der Waals surface area contributed by atoms with E-state index in [0.29, 0.717) is 72.0 Å². The predicted octanol–water partition coefficient (Wildman–Crippen LogP) is 12.0. The molecule has 0 saturated heterocycles. The van der Waals surface area contributed by atoms with E-state index < -0.39 is 18.8 Å². The average molecular weight is 754 g/mol. The van der Waals surface area contributed by atoms with Crippen LogP contribution in [0.4, 0.5) is 0 Å². The van der Waals surface area contributed by atoms with Crippen LogP contribution in [0.5, 0.6) is 0 Å². The van der Waals surface area contributed by atoms with Crippen LogP contribution in [-0.4, -0.2) is 34.0 Å². The fourth-order valence-corrected chi connectivity index (χ4v) is 17.1. The summed E-state index contributed by atoms with van der Waals surface area (Å²) in [5.74, 6) is 6.62. The number of aliphatic hydroxyl groups excluding tert-OH is 1. The van der Waals surface area contributed by atoms with Gasteiger partial charge in [-0.05, 0) is 235 Å². The van der Waals surface area contributed by atoms with Crippen LogP contribution in [0.1, 0.15) is 203 Å². The van der Waals surface area contributed by atoms with Gasteiger partial charge in [-0.2, -0.15) is 0 Å². The van der Waals surface area contributed by atoms with Gasteiger partial charge in [-0.25, -0.2) is 0 Å². The van der Waals surface area contributed by atoms with E-state index in [4.69, 9.17) is 6.85 Å². The quantitative estimate of drug-likeness (QED) is 0.259. The van der Waals surface area contributed by atoms with E-state index in [1.165, 1.54) is 90.9 Å². The Hall–Kier alpha value is -0.740. The molecule has 308 valence electrons. The molecule has 8 rings (SSSR count). The van der Waals surface area contributed by atoms with Gasteiger partial charge in [0.25, 0.3) is 0 Å². The van der Waals surface area contributed by atoms with Crippen molar-refractivity contribution in [2.75, 3.05) is 0 Å². The Morgan fingerprint density at radius 2 is 0.981 bits per heavy atom. The van der Waals surface area contributed by atoms with Gasteiger partial charge in [-0.3, -0.25) is 0 Å². The first kappa shape index (κ1) is 35.2.